The summed E-state index contributed by atoms with van der Waals surface area (Å²) in [5.41, 5.74) is 4.19. The quantitative estimate of drug-likeness (QED) is 0.730. The Bertz CT molecular complexity index is 448. The van der Waals surface area contributed by atoms with Crippen molar-refractivity contribution >= 4 is 0 Å². The summed E-state index contributed by atoms with van der Waals surface area (Å²) < 4.78 is 5.25. The van der Waals surface area contributed by atoms with Crippen molar-refractivity contribution in [1.29, 1.82) is 0 Å². The Hall–Kier alpha value is -1.28. The van der Waals surface area contributed by atoms with Gasteiger partial charge in [0.2, 0.25) is 0 Å². The standard InChI is InChI=1S/C14H16O2/c1-16-12-4-5-13-10(7-12)3-2-9-6-11(15)8-14(9)13/h4-7,11,14-15H,2-3,8H2,1H3/t11-,14-/m0/s1. The summed E-state index contributed by atoms with van der Waals surface area (Å²) in [6.45, 7) is 0. The summed E-state index contributed by atoms with van der Waals surface area (Å²) >= 11 is 0. The molecule has 2 atom stereocenters. The number of aryl methyl sites for hydroxylation is 1. The molecule has 2 heteroatoms. The molecule has 0 heterocycles. The predicted molar refractivity (Wildman–Crippen MR) is 62.8 cm³/mol. The van der Waals surface area contributed by atoms with Crippen molar-refractivity contribution in [3.05, 3.63) is 41.0 Å². The monoisotopic (exact) mass is 216 g/mol. The zero-order chi connectivity index (χ0) is 11.1. The summed E-state index contributed by atoms with van der Waals surface area (Å²) in [4.78, 5) is 0. The SMILES string of the molecule is COc1ccc2c(c1)CCC1=C[C@H](O)C[C@@H]12. The maximum Gasteiger partial charge on any atom is 0.119 e. The van der Waals surface area contributed by atoms with Gasteiger partial charge >= 0.3 is 0 Å². The molecule has 84 valence electrons. The van der Waals surface area contributed by atoms with Gasteiger partial charge in [-0.3, -0.25) is 0 Å². The molecular formula is C14H16O2. The number of aliphatic hydroxyl groups excluding tert-OH is 1. The van der Waals surface area contributed by atoms with Crippen LogP contribution in [-0.2, 0) is 6.42 Å². The van der Waals surface area contributed by atoms with Crippen molar-refractivity contribution in [2.45, 2.75) is 31.3 Å². The summed E-state index contributed by atoms with van der Waals surface area (Å²) in [5, 5.41) is 9.69. The molecule has 3 rings (SSSR count). The zero-order valence-corrected chi connectivity index (χ0v) is 9.44. The molecule has 0 spiro atoms. The second-order valence-corrected chi connectivity index (χ2v) is 4.66. The molecule has 0 radical (unpaired) electrons. The van der Waals surface area contributed by atoms with Crippen LogP contribution in [0.3, 0.4) is 0 Å². The van der Waals surface area contributed by atoms with Crippen LogP contribution in [0, 0.1) is 0 Å². The zero-order valence-electron chi connectivity index (χ0n) is 9.44. The van der Waals surface area contributed by atoms with E-state index in [-0.39, 0.29) is 6.10 Å². The van der Waals surface area contributed by atoms with Gasteiger partial charge in [0.15, 0.2) is 0 Å². The molecule has 0 saturated carbocycles. The van der Waals surface area contributed by atoms with Gasteiger partial charge in [-0.25, -0.2) is 0 Å². The van der Waals surface area contributed by atoms with Gasteiger partial charge in [0.25, 0.3) is 0 Å². The van der Waals surface area contributed by atoms with E-state index in [1.165, 1.54) is 16.7 Å². The highest BCUT2D eigenvalue weighted by Gasteiger charge is 2.31. The number of hydrogen-bond acceptors (Lipinski definition) is 2. The van der Waals surface area contributed by atoms with E-state index in [2.05, 4.69) is 12.1 Å². The molecule has 1 N–H and O–H groups in total. The van der Waals surface area contributed by atoms with Crippen LogP contribution in [0.2, 0.25) is 0 Å². The van der Waals surface area contributed by atoms with Crippen molar-refractivity contribution in [3.8, 4) is 5.75 Å². The molecule has 0 amide bonds. The minimum Gasteiger partial charge on any atom is -0.497 e. The average Bonchev–Trinajstić information content (AvgIpc) is 2.69. The maximum absolute atomic E-state index is 9.69. The second-order valence-electron chi connectivity index (χ2n) is 4.66. The number of hydrogen-bond donors (Lipinski definition) is 1. The van der Waals surface area contributed by atoms with Crippen LogP contribution in [-0.4, -0.2) is 18.3 Å². The predicted octanol–water partition coefficient (Wildman–Crippen LogP) is 2.42. The van der Waals surface area contributed by atoms with Gasteiger partial charge in [0, 0.05) is 5.92 Å². The molecule has 0 aliphatic heterocycles. The van der Waals surface area contributed by atoms with Crippen LogP contribution in [0.5, 0.6) is 5.75 Å². The van der Waals surface area contributed by atoms with Gasteiger partial charge in [-0.1, -0.05) is 17.7 Å². The Morgan fingerprint density at radius 2 is 2.19 bits per heavy atom. The summed E-state index contributed by atoms with van der Waals surface area (Å²) in [6, 6.07) is 6.31. The lowest BCUT2D eigenvalue weighted by atomic mass is 9.80. The van der Waals surface area contributed by atoms with E-state index in [4.69, 9.17) is 4.74 Å². The number of methoxy groups -OCH3 is 1. The van der Waals surface area contributed by atoms with Crippen molar-refractivity contribution < 1.29 is 9.84 Å². The van der Waals surface area contributed by atoms with Crippen molar-refractivity contribution in [2.24, 2.45) is 0 Å². The van der Waals surface area contributed by atoms with E-state index < -0.39 is 0 Å². The summed E-state index contributed by atoms with van der Waals surface area (Å²) in [6.07, 6.45) is 4.81. The normalized spacial score (nSPS) is 27.0. The third kappa shape index (κ3) is 1.45. The van der Waals surface area contributed by atoms with Crippen LogP contribution in [0.15, 0.2) is 29.8 Å². The lowest BCUT2D eigenvalue weighted by Crippen LogP contribution is -2.11. The van der Waals surface area contributed by atoms with Gasteiger partial charge in [-0.15, -0.1) is 0 Å². The van der Waals surface area contributed by atoms with Gasteiger partial charge in [-0.05, 0) is 42.5 Å². The molecule has 2 aliphatic carbocycles. The average molecular weight is 216 g/mol. The smallest absolute Gasteiger partial charge is 0.119 e. The molecule has 0 fully saturated rings. The molecule has 0 saturated heterocycles. The van der Waals surface area contributed by atoms with Crippen molar-refractivity contribution in [1.82, 2.24) is 0 Å². The first kappa shape index (κ1) is 9.91. The Balaban J connectivity index is 2.02. The second kappa shape index (κ2) is 3.63. The Kier molecular flexibility index (Phi) is 2.25. The number of rotatable bonds is 1. The highest BCUT2D eigenvalue weighted by molar-refractivity contribution is 5.46. The Morgan fingerprint density at radius 1 is 1.31 bits per heavy atom. The molecule has 2 nitrogen and oxygen atoms in total. The minimum absolute atomic E-state index is 0.243. The van der Waals surface area contributed by atoms with E-state index in [0.29, 0.717) is 5.92 Å². The molecular weight excluding hydrogens is 200 g/mol. The number of fused-ring (bicyclic) bond motifs is 3. The van der Waals surface area contributed by atoms with E-state index in [1.807, 2.05) is 12.1 Å². The first-order chi connectivity index (χ1) is 7.78. The first-order valence-electron chi connectivity index (χ1n) is 5.83. The fourth-order valence-corrected chi connectivity index (χ4v) is 2.95. The van der Waals surface area contributed by atoms with Crippen molar-refractivity contribution in [3.63, 3.8) is 0 Å². The molecule has 0 bridgehead atoms. The summed E-state index contributed by atoms with van der Waals surface area (Å²) in [7, 11) is 1.70. The lowest BCUT2D eigenvalue weighted by Gasteiger charge is -2.25. The van der Waals surface area contributed by atoms with Crippen LogP contribution in [0.25, 0.3) is 0 Å². The summed E-state index contributed by atoms with van der Waals surface area (Å²) in [5.74, 6) is 1.38. The third-order valence-corrected chi connectivity index (χ3v) is 3.74. The van der Waals surface area contributed by atoms with Gasteiger partial charge in [-0.2, -0.15) is 0 Å². The molecule has 2 aliphatic rings. The van der Waals surface area contributed by atoms with Gasteiger partial charge < -0.3 is 9.84 Å². The fourth-order valence-electron chi connectivity index (χ4n) is 2.95. The van der Waals surface area contributed by atoms with E-state index >= 15 is 0 Å². The van der Waals surface area contributed by atoms with Crippen molar-refractivity contribution in [2.75, 3.05) is 7.11 Å². The number of allylic oxidation sites excluding steroid dienone is 1. The maximum atomic E-state index is 9.69. The Labute approximate surface area is 95.6 Å². The topological polar surface area (TPSA) is 29.5 Å². The van der Waals surface area contributed by atoms with Crippen LogP contribution >= 0.6 is 0 Å². The molecule has 1 aromatic rings. The largest absolute Gasteiger partial charge is 0.497 e. The number of benzene rings is 1. The van der Waals surface area contributed by atoms with Crippen LogP contribution in [0.4, 0.5) is 0 Å². The molecule has 0 unspecified atom stereocenters. The van der Waals surface area contributed by atoms with Crippen LogP contribution in [0.1, 0.15) is 29.9 Å². The van der Waals surface area contributed by atoms with E-state index in [1.54, 1.807) is 7.11 Å². The molecule has 1 aromatic carbocycles. The fraction of sp³-hybridized carbons (Fsp3) is 0.429. The van der Waals surface area contributed by atoms with E-state index in [9.17, 15) is 5.11 Å². The molecule has 0 aromatic heterocycles. The first-order valence-corrected chi connectivity index (χ1v) is 5.83. The van der Waals surface area contributed by atoms with E-state index in [0.717, 1.165) is 25.0 Å². The third-order valence-electron chi connectivity index (χ3n) is 3.74. The van der Waals surface area contributed by atoms with Gasteiger partial charge in [0.1, 0.15) is 5.75 Å². The molecule has 16 heavy (non-hydrogen) atoms. The number of ether oxygens (including phenoxy) is 1. The highest BCUT2D eigenvalue weighted by atomic mass is 16.5. The minimum atomic E-state index is -0.243. The van der Waals surface area contributed by atoms with Gasteiger partial charge in [0.05, 0.1) is 13.2 Å². The highest BCUT2D eigenvalue weighted by Crippen LogP contribution is 2.43. The number of aliphatic hydroxyl groups is 1. The Morgan fingerprint density at radius 3 is 3.00 bits per heavy atom. The van der Waals surface area contributed by atoms with Crippen LogP contribution < -0.4 is 4.74 Å². The lowest BCUT2D eigenvalue weighted by molar-refractivity contribution is 0.218.